The molecule has 0 aliphatic carbocycles. The van der Waals surface area contributed by atoms with Crippen molar-refractivity contribution in [3.8, 4) is 23.0 Å². The van der Waals surface area contributed by atoms with E-state index in [-0.39, 0.29) is 35.9 Å². The first-order chi connectivity index (χ1) is 29.1. The van der Waals surface area contributed by atoms with Crippen LogP contribution >= 0.6 is 0 Å². The summed E-state index contributed by atoms with van der Waals surface area (Å²) in [5, 5.41) is 15.0. The number of ether oxygens (including phenoxy) is 2. The smallest absolute Gasteiger partial charge is 0.327 e. The molecule has 1 aliphatic heterocycles. The van der Waals surface area contributed by atoms with Gasteiger partial charge in [0.2, 0.25) is 23.6 Å². The molecule has 0 aromatic carbocycles. The number of hydrogen-bond donors (Lipinski definition) is 6. The molecule has 1 unspecified atom stereocenters. The Balaban J connectivity index is 0.000000273. The quantitative estimate of drug-likeness (QED) is 0.112. The molecule has 20 nitrogen and oxygen atoms in total. The van der Waals surface area contributed by atoms with E-state index in [1.165, 1.54) is 24.7 Å². The molecule has 1 fully saturated rings. The second kappa shape index (κ2) is 21.5. The van der Waals surface area contributed by atoms with Crippen LogP contribution in [-0.2, 0) is 19.2 Å². The Morgan fingerprint density at radius 3 is 1.50 bits per heavy atom. The van der Waals surface area contributed by atoms with E-state index in [1.807, 2.05) is 7.05 Å². The lowest BCUT2D eigenvalue weighted by molar-refractivity contribution is -0.127. The Labute approximate surface area is 360 Å². The lowest BCUT2D eigenvalue weighted by Crippen LogP contribution is -2.41. The Bertz CT molecular complexity index is 2200. The molecule has 1 saturated heterocycles. The molecule has 0 bridgehead atoms. The molecule has 0 saturated carbocycles. The van der Waals surface area contributed by atoms with Gasteiger partial charge in [-0.15, -0.1) is 0 Å². The van der Waals surface area contributed by atoms with Crippen LogP contribution in [0.5, 0.6) is 23.0 Å². The first kappa shape index (κ1) is 47.6. The van der Waals surface area contributed by atoms with Crippen molar-refractivity contribution in [2.24, 2.45) is 16.7 Å². The van der Waals surface area contributed by atoms with Gasteiger partial charge in [0.05, 0.1) is 24.9 Å². The van der Waals surface area contributed by atoms with Gasteiger partial charge in [-0.25, -0.2) is 29.5 Å². The molecule has 4 aromatic rings. The number of aromatic nitrogens is 4. The van der Waals surface area contributed by atoms with Crippen LogP contribution in [0.2, 0.25) is 0 Å². The highest BCUT2D eigenvalue weighted by Crippen LogP contribution is 2.25. The zero-order chi connectivity index (χ0) is 45.6. The van der Waals surface area contributed by atoms with E-state index in [2.05, 4.69) is 56.7 Å². The molecular formula is C42H54N12O8. The molecule has 6 N–H and O–H groups in total. The van der Waals surface area contributed by atoms with Crippen LogP contribution in [-0.4, -0.2) is 106 Å². The number of nitrogens with zero attached hydrogens (tertiary/aromatic N) is 6. The predicted molar refractivity (Wildman–Crippen MR) is 232 cm³/mol. The van der Waals surface area contributed by atoms with E-state index in [0.717, 1.165) is 19.5 Å². The minimum Gasteiger partial charge on any atom is -0.456 e. The number of imide groups is 2. The maximum absolute atomic E-state index is 12.4. The van der Waals surface area contributed by atoms with Gasteiger partial charge in [0.1, 0.15) is 46.3 Å². The second-order valence-electron chi connectivity index (χ2n) is 16.6. The lowest BCUT2D eigenvalue weighted by Gasteiger charge is -2.16. The summed E-state index contributed by atoms with van der Waals surface area (Å²) >= 11 is 0. The summed E-state index contributed by atoms with van der Waals surface area (Å²) in [5.74, 6) is 2.01. The van der Waals surface area contributed by atoms with Gasteiger partial charge >= 0.3 is 12.1 Å². The Hall–Kier alpha value is -7.06. The number of carbonyl (C=O) groups is 6. The van der Waals surface area contributed by atoms with Gasteiger partial charge in [-0.05, 0) is 70.5 Å². The SMILES string of the molecule is CN(C)CC(=O)Nc1cc(Oc2ccc(NC(=O)NC(=O)C(C)(C)C)nc2)ccn1.CN1CCC(C(=O)Nc2cc(Oc3ccc(NC(=O)NC(=O)C(C)(C)C)nc3)ccn2)C1. The summed E-state index contributed by atoms with van der Waals surface area (Å²) in [4.78, 5) is 92.0. The molecular weight excluding hydrogens is 801 g/mol. The van der Waals surface area contributed by atoms with Crippen LogP contribution in [0.3, 0.4) is 0 Å². The van der Waals surface area contributed by atoms with E-state index < -0.39 is 34.7 Å². The summed E-state index contributed by atoms with van der Waals surface area (Å²) in [7, 11) is 5.58. The molecule has 0 spiro atoms. The van der Waals surface area contributed by atoms with E-state index in [4.69, 9.17) is 9.47 Å². The minimum atomic E-state index is -0.683. The molecule has 5 heterocycles. The fraction of sp³-hybridized carbons (Fsp3) is 0.381. The highest BCUT2D eigenvalue weighted by molar-refractivity contribution is 6.03. The van der Waals surface area contributed by atoms with Crippen LogP contribution in [0.25, 0.3) is 0 Å². The summed E-state index contributed by atoms with van der Waals surface area (Å²) in [6.07, 6.45) is 6.75. The average Bonchev–Trinajstić information content (AvgIpc) is 3.62. The number of hydrogen-bond acceptors (Lipinski definition) is 14. The van der Waals surface area contributed by atoms with Crippen molar-refractivity contribution in [3.63, 3.8) is 0 Å². The minimum absolute atomic E-state index is 0.0495. The normalized spacial score (nSPS) is 13.7. The second-order valence-corrected chi connectivity index (χ2v) is 16.6. The highest BCUT2D eigenvalue weighted by atomic mass is 16.5. The molecule has 62 heavy (non-hydrogen) atoms. The maximum Gasteiger partial charge on any atom is 0.327 e. The fourth-order valence-electron chi connectivity index (χ4n) is 5.11. The standard InChI is InChI=1S/C22H28N6O4.C20H26N6O4/c1-22(2,3)20(30)27-21(31)26-17-6-5-16(12-24-17)32-15-7-9-23-18(11-15)25-19(29)14-8-10-28(4)13-14;1-20(2,3)18(28)25-19(29)24-15-7-6-14(11-22-15)30-13-8-9-21-16(10-13)23-17(27)12-26(4)5/h5-7,9,11-12,14H,8,10,13H2,1-4H3,(H,23,25,29)(H2,24,26,27,30,31);6-11H,12H2,1-5H3,(H,21,23,27)(H2,22,24,25,28,29). The highest BCUT2D eigenvalue weighted by Gasteiger charge is 2.27. The van der Waals surface area contributed by atoms with Crippen LogP contribution in [0.4, 0.5) is 32.9 Å². The predicted octanol–water partition coefficient (Wildman–Crippen LogP) is 5.32. The molecule has 1 aliphatic rings. The van der Waals surface area contributed by atoms with Crippen LogP contribution in [0.1, 0.15) is 48.0 Å². The fourth-order valence-corrected chi connectivity index (χ4v) is 5.11. The van der Waals surface area contributed by atoms with Crippen LogP contribution in [0, 0.1) is 16.7 Å². The van der Waals surface area contributed by atoms with Crippen LogP contribution in [0.15, 0.2) is 73.3 Å². The number of likely N-dealkylation sites (N-methyl/N-ethyl adjacent to an activating group) is 1. The third-order valence-electron chi connectivity index (χ3n) is 8.45. The summed E-state index contributed by atoms with van der Waals surface area (Å²) in [5.41, 5.74) is -1.36. The Kier molecular flexibility index (Phi) is 16.5. The van der Waals surface area contributed by atoms with Gasteiger partial charge in [-0.1, -0.05) is 41.5 Å². The first-order valence-corrected chi connectivity index (χ1v) is 19.5. The number of urea groups is 2. The van der Waals surface area contributed by atoms with Crippen molar-refractivity contribution in [1.29, 1.82) is 0 Å². The molecule has 0 radical (unpaired) electrons. The van der Waals surface area contributed by atoms with Crippen molar-refractivity contribution in [2.45, 2.75) is 48.0 Å². The number of amides is 8. The van der Waals surface area contributed by atoms with Crippen molar-refractivity contribution in [2.75, 3.05) is 62.0 Å². The Morgan fingerprint density at radius 2 is 1.11 bits per heavy atom. The van der Waals surface area contributed by atoms with Gasteiger partial charge < -0.3 is 29.9 Å². The van der Waals surface area contributed by atoms with E-state index in [9.17, 15) is 28.8 Å². The van der Waals surface area contributed by atoms with Gasteiger partial charge in [0.25, 0.3) is 0 Å². The lowest BCUT2D eigenvalue weighted by atomic mass is 9.96. The maximum atomic E-state index is 12.4. The molecule has 330 valence electrons. The third-order valence-corrected chi connectivity index (χ3v) is 8.45. The molecule has 1 atom stereocenters. The number of rotatable bonds is 11. The molecule has 5 rings (SSSR count). The monoisotopic (exact) mass is 854 g/mol. The first-order valence-electron chi connectivity index (χ1n) is 19.5. The molecule has 20 heteroatoms. The van der Waals surface area contributed by atoms with Gasteiger partial charge in [-0.3, -0.25) is 40.4 Å². The zero-order valence-corrected chi connectivity index (χ0v) is 36.3. The zero-order valence-electron chi connectivity index (χ0n) is 36.3. The van der Waals surface area contributed by atoms with Gasteiger partial charge in [-0.2, -0.15) is 0 Å². The number of carbonyl (C=O) groups excluding carboxylic acids is 6. The van der Waals surface area contributed by atoms with Crippen molar-refractivity contribution >= 4 is 59.0 Å². The summed E-state index contributed by atoms with van der Waals surface area (Å²) in [6, 6.07) is 11.5. The third kappa shape index (κ3) is 16.2. The summed E-state index contributed by atoms with van der Waals surface area (Å²) < 4.78 is 11.5. The van der Waals surface area contributed by atoms with E-state index in [0.29, 0.717) is 34.6 Å². The number of likely N-dealkylation sites (tertiary alicyclic amines) is 1. The van der Waals surface area contributed by atoms with E-state index in [1.54, 1.807) is 109 Å². The van der Waals surface area contributed by atoms with Crippen molar-refractivity contribution in [1.82, 2.24) is 40.4 Å². The van der Waals surface area contributed by atoms with Gasteiger partial charge in [0.15, 0.2) is 0 Å². The average molecular weight is 855 g/mol. The van der Waals surface area contributed by atoms with Crippen LogP contribution < -0.4 is 41.4 Å². The van der Waals surface area contributed by atoms with Crippen molar-refractivity contribution in [3.05, 3.63) is 73.3 Å². The number of nitrogens with one attached hydrogen (secondary N) is 6. The Morgan fingerprint density at radius 1 is 0.645 bits per heavy atom. The number of anilines is 4. The molecule has 8 amide bonds. The van der Waals surface area contributed by atoms with Crippen molar-refractivity contribution < 1.29 is 38.2 Å². The summed E-state index contributed by atoms with van der Waals surface area (Å²) in [6.45, 7) is 12.1. The largest absolute Gasteiger partial charge is 0.456 e. The topological polar surface area (TPSA) is 251 Å². The van der Waals surface area contributed by atoms with E-state index >= 15 is 0 Å². The van der Waals surface area contributed by atoms with Gasteiger partial charge in [0, 0.05) is 41.9 Å². The number of pyridine rings is 4. The molecule has 4 aromatic heterocycles.